The Balaban J connectivity index is 1.40. The van der Waals surface area contributed by atoms with Gasteiger partial charge < -0.3 is 10.0 Å². The topological polar surface area (TPSA) is 83.2 Å². The number of nitrogens with zero attached hydrogens (tertiary/aromatic N) is 7. The molecule has 1 aliphatic heterocycles. The summed E-state index contributed by atoms with van der Waals surface area (Å²) in [7, 11) is 0. The van der Waals surface area contributed by atoms with Crippen molar-refractivity contribution in [3.05, 3.63) is 60.2 Å². The lowest BCUT2D eigenvalue weighted by Gasteiger charge is -2.40. The van der Waals surface area contributed by atoms with E-state index in [4.69, 9.17) is 0 Å². The number of hydrogen-bond donors (Lipinski definition) is 1. The third kappa shape index (κ3) is 3.75. The lowest BCUT2D eigenvalue weighted by molar-refractivity contribution is 0.197. The van der Waals surface area contributed by atoms with Gasteiger partial charge in [-0.1, -0.05) is 12.8 Å². The summed E-state index contributed by atoms with van der Waals surface area (Å²) in [4.78, 5) is 9.04. The minimum absolute atomic E-state index is 0.0190. The number of phenolic OH excluding ortho intramolecular Hbond substituents is 1. The Labute approximate surface area is 176 Å². The molecule has 2 aromatic heterocycles. The number of phenols is 1. The van der Waals surface area contributed by atoms with Gasteiger partial charge in [0.15, 0.2) is 5.82 Å². The monoisotopic (exact) mass is 405 g/mol. The van der Waals surface area contributed by atoms with Crippen LogP contribution in [0.25, 0.3) is 0 Å². The van der Waals surface area contributed by atoms with Crippen molar-refractivity contribution in [1.82, 2.24) is 30.1 Å². The Morgan fingerprint density at radius 2 is 1.60 bits per heavy atom. The number of hydrogen-bond acceptors (Lipinski definition) is 7. The molecule has 0 spiro atoms. The Morgan fingerprint density at radius 3 is 2.30 bits per heavy atom. The van der Waals surface area contributed by atoms with Crippen LogP contribution < -0.4 is 4.90 Å². The van der Waals surface area contributed by atoms with Gasteiger partial charge in [-0.15, -0.1) is 5.10 Å². The van der Waals surface area contributed by atoms with E-state index in [2.05, 4.69) is 47.1 Å². The lowest BCUT2D eigenvalue weighted by atomic mass is 10.0. The van der Waals surface area contributed by atoms with Crippen LogP contribution in [0.4, 0.5) is 5.69 Å². The molecule has 5 rings (SSSR count). The Morgan fingerprint density at radius 1 is 0.900 bits per heavy atom. The zero-order chi connectivity index (χ0) is 20.3. The van der Waals surface area contributed by atoms with Gasteiger partial charge >= 0.3 is 0 Å². The van der Waals surface area contributed by atoms with Gasteiger partial charge in [-0.05, 0) is 65.2 Å². The van der Waals surface area contributed by atoms with E-state index in [9.17, 15) is 5.11 Å². The van der Waals surface area contributed by atoms with Crippen molar-refractivity contribution in [1.29, 1.82) is 0 Å². The summed E-state index contributed by atoms with van der Waals surface area (Å²) in [6, 6.07) is 12.0. The van der Waals surface area contributed by atoms with Gasteiger partial charge in [-0.2, -0.15) is 0 Å². The van der Waals surface area contributed by atoms with Crippen molar-refractivity contribution in [3.8, 4) is 5.75 Å². The average Bonchev–Trinajstić information content (AvgIpc) is 3.48. The predicted octanol–water partition coefficient (Wildman–Crippen LogP) is 2.80. The van der Waals surface area contributed by atoms with Crippen LogP contribution in [-0.4, -0.2) is 61.4 Å². The molecule has 2 aliphatic rings. The summed E-state index contributed by atoms with van der Waals surface area (Å²) in [5.41, 5.74) is 2.32. The van der Waals surface area contributed by atoms with E-state index in [1.165, 1.54) is 18.4 Å². The number of piperazine rings is 1. The molecular weight excluding hydrogens is 378 g/mol. The first kappa shape index (κ1) is 19.0. The number of tetrazole rings is 1. The third-order valence-corrected chi connectivity index (χ3v) is 6.35. The first-order valence-corrected chi connectivity index (χ1v) is 10.8. The molecule has 1 aromatic carbocycles. The van der Waals surface area contributed by atoms with Gasteiger partial charge in [-0.25, -0.2) is 4.68 Å². The number of rotatable bonds is 5. The normalized spacial score (nSPS) is 19.3. The predicted molar refractivity (Wildman–Crippen MR) is 113 cm³/mol. The molecule has 8 heteroatoms. The number of aromatic nitrogens is 5. The third-order valence-electron chi connectivity index (χ3n) is 6.35. The molecule has 2 fully saturated rings. The van der Waals surface area contributed by atoms with Crippen LogP contribution in [0.1, 0.15) is 49.2 Å². The molecule has 0 amide bonds. The fraction of sp³-hybridized carbons (Fsp3) is 0.455. The Hall–Kier alpha value is -3.00. The van der Waals surface area contributed by atoms with Crippen LogP contribution >= 0.6 is 0 Å². The SMILES string of the molecule is Oc1ccc(N2CCN([C@H](c3ccncc3)c3nnnn3C3CCCC3)CC2)cc1. The molecular formula is C22H27N7O. The molecule has 1 aliphatic carbocycles. The van der Waals surface area contributed by atoms with Gasteiger partial charge in [0.05, 0.1) is 12.1 Å². The fourth-order valence-electron chi connectivity index (χ4n) is 4.76. The largest absolute Gasteiger partial charge is 0.508 e. The first-order valence-electron chi connectivity index (χ1n) is 10.8. The number of aromatic hydroxyl groups is 1. The van der Waals surface area contributed by atoms with Gasteiger partial charge in [0, 0.05) is 44.3 Å². The molecule has 1 atom stereocenters. The average molecular weight is 406 g/mol. The summed E-state index contributed by atoms with van der Waals surface area (Å²) in [6.45, 7) is 3.64. The summed E-state index contributed by atoms with van der Waals surface area (Å²) >= 11 is 0. The number of pyridine rings is 1. The second-order valence-corrected chi connectivity index (χ2v) is 8.14. The zero-order valence-corrected chi connectivity index (χ0v) is 17.0. The minimum atomic E-state index is 0.0190. The van der Waals surface area contributed by atoms with Crippen LogP contribution in [0, 0.1) is 0 Å². The number of anilines is 1. The molecule has 1 N–H and O–H groups in total. The molecule has 3 heterocycles. The van der Waals surface area contributed by atoms with E-state index in [1.807, 2.05) is 24.5 Å². The molecule has 156 valence electrons. The molecule has 30 heavy (non-hydrogen) atoms. The van der Waals surface area contributed by atoms with Crippen LogP contribution in [0.2, 0.25) is 0 Å². The highest BCUT2D eigenvalue weighted by Gasteiger charge is 2.33. The highest BCUT2D eigenvalue weighted by atomic mass is 16.3. The molecule has 0 bridgehead atoms. The van der Waals surface area contributed by atoms with E-state index < -0.39 is 0 Å². The summed E-state index contributed by atoms with van der Waals surface area (Å²) in [5, 5.41) is 22.5. The lowest BCUT2D eigenvalue weighted by Crippen LogP contribution is -2.48. The van der Waals surface area contributed by atoms with E-state index in [0.29, 0.717) is 11.8 Å². The van der Waals surface area contributed by atoms with Crippen molar-refractivity contribution in [2.45, 2.75) is 37.8 Å². The Kier molecular flexibility index (Phi) is 5.31. The maximum absolute atomic E-state index is 9.56. The molecule has 0 unspecified atom stereocenters. The van der Waals surface area contributed by atoms with Crippen LogP contribution in [0.3, 0.4) is 0 Å². The minimum Gasteiger partial charge on any atom is -0.508 e. The maximum Gasteiger partial charge on any atom is 0.173 e. The van der Waals surface area contributed by atoms with Crippen molar-refractivity contribution in [2.24, 2.45) is 0 Å². The molecule has 3 aromatic rings. The molecule has 1 saturated carbocycles. The van der Waals surface area contributed by atoms with Crippen LogP contribution in [-0.2, 0) is 0 Å². The molecule has 0 radical (unpaired) electrons. The standard InChI is InChI=1S/C22H27N7O/c30-20-7-5-18(6-8-20)27-13-15-28(16-14-27)21(17-9-11-23-12-10-17)22-24-25-26-29(22)19-3-1-2-4-19/h5-12,19,21,30H,1-4,13-16H2/t21-/m1/s1. The quantitative estimate of drug-likeness (QED) is 0.699. The maximum atomic E-state index is 9.56. The highest BCUT2D eigenvalue weighted by molar-refractivity contribution is 5.49. The van der Waals surface area contributed by atoms with E-state index in [-0.39, 0.29) is 6.04 Å². The van der Waals surface area contributed by atoms with Gasteiger partial charge in [0.1, 0.15) is 5.75 Å². The zero-order valence-electron chi connectivity index (χ0n) is 17.0. The second kappa shape index (κ2) is 8.39. The smallest absolute Gasteiger partial charge is 0.173 e. The molecule has 8 nitrogen and oxygen atoms in total. The summed E-state index contributed by atoms with van der Waals surface area (Å²) < 4.78 is 2.07. The van der Waals surface area contributed by atoms with Crippen molar-refractivity contribution < 1.29 is 5.11 Å². The van der Waals surface area contributed by atoms with Crippen molar-refractivity contribution >= 4 is 5.69 Å². The van der Waals surface area contributed by atoms with Gasteiger partial charge in [0.2, 0.25) is 0 Å². The van der Waals surface area contributed by atoms with Crippen molar-refractivity contribution in [3.63, 3.8) is 0 Å². The van der Waals surface area contributed by atoms with Crippen LogP contribution in [0.15, 0.2) is 48.8 Å². The second-order valence-electron chi connectivity index (χ2n) is 8.14. The summed E-state index contributed by atoms with van der Waals surface area (Å²) in [6.07, 6.45) is 8.48. The Bertz CT molecular complexity index is 945. The fourth-order valence-corrected chi connectivity index (χ4v) is 4.76. The van der Waals surface area contributed by atoms with Gasteiger partial charge in [0.25, 0.3) is 0 Å². The first-order chi connectivity index (χ1) is 14.8. The van der Waals surface area contributed by atoms with Gasteiger partial charge in [-0.3, -0.25) is 9.88 Å². The summed E-state index contributed by atoms with van der Waals surface area (Å²) in [5.74, 6) is 1.24. The van der Waals surface area contributed by atoms with E-state index in [0.717, 1.165) is 50.5 Å². The van der Waals surface area contributed by atoms with E-state index in [1.54, 1.807) is 12.1 Å². The van der Waals surface area contributed by atoms with Crippen LogP contribution in [0.5, 0.6) is 5.75 Å². The highest BCUT2D eigenvalue weighted by Crippen LogP contribution is 2.34. The van der Waals surface area contributed by atoms with E-state index >= 15 is 0 Å². The van der Waals surface area contributed by atoms with Crippen molar-refractivity contribution in [2.75, 3.05) is 31.1 Å². The number of benzene rings is 1. The molecule has 1 saturated heterocycles.